The highest BCUT2D eigenvalue weighted by molar-refractivity contribution is 5.98. The van der Waals surface area contributed by atoms with Crippen molar-refractivity contribution >= 4 is 28.6 Å². The largest absolute Gasteiger partial charge is 0.480 e. The number of hydrogen-bond donors (Lipinski definition) is 3. The number of amides is 2. The van der Waals surface area contributed by atoms with E-state index in [-0.39, 0.29) is 6.42 Å². The predicted octanol–water partition coefficient (Wildman–Crippen LogP) is 2.77. The number of rotatable bonds is 7. The van der Waals surface area contributed by atoms with Crippen LogP contribution in [0.2, 0.25) is 0 Å². The molecule has 0 heterocycles. The number of aliphatic carboxylic acids is 1. The minimum atomic E-state index is -1.14. The van der Waals surface area contributed by atoms with E-state index in [0.29, 0.717) is 5.56 Å². The quantitative estimate of drug-likeness (QED) is 0.578. The van der Waals surface area contributed by atoms with E-state index in [0.717, 1.165) is 16.3 Å². The molecular weight excluding hydrogens is 368 g/mol. The summed E-state index contributed by atoms with van der Waals surface area (Å²) in [6.45, 7) is 1.38. The molecule has 6 heteroatoms. The Balaban J connectivity index is 1.88. The molecule has 0 aliphatic rings. The molecule has 0 aliphatic carbocycles. The Morgan fingerprint density at radius 1 is 0.862 bits per heavy atom. The van der Waals surface area contributed by atoms with Crippen LogP contribution in [0.3, 0.4) is 0 Å². The molecule has 0 unspecified atom stereocenters. The Hall–Kier alpha value is -3.67. The average molecular weight is 390 g/mol. The number of benzene rings is 3. The highest BCUT2D eigenvalue weighted by Crippen LogP contribution is 2.20. The van der Waals surface area contributed by atoms with Crippen LogP contribution in [-0.2, 0) is 16.0 Å². The van der Waals surface area contributed by atoms with Gasteiger partial charge in [-0.25, -0.2) is 0 Å². The van der Waals surface area contributed by atoms with E-state index >= 15 is 0 Å². The fraction of sp³-hybridized carbons (Fsp3) is 0.174. The summed E-state index contributed by atoms with van der Waals surface area (Å²) in [5, 5.41) is 16.3. The molecule has 3 N–H and O–H groups in total. The van der Waals surface area contributed by atoms with Crippen molar-refractivity contribution in [2.24, 2.45) is 0 Å². The van der Waals surface area contributed by atoms with E-state index in [2.05, 4.69) is 10.6 Å². The summed E-state index contributed by atoms with van der Waals surface area (Å²) in [7, 11) is 0. The van der Waals surface area contributed by atoms with Crippen molar-refractivity contribution in [3.05, 3.63) is 83.9 Å². The second-order valence-corrected chi connectivity index (χ2v) is 6.80. The molecule has 0 radical (unpaired) electrons. The second-order valence-electron chi connectivity index (χ2n) is 6.80. The van der Waals surface area contributed by atoms with E-state index < -0.39 is 29.9 Å². The van der Waals surface area contributed by atoms with Gasteiger partial charge < -0.3 is 15.7 Å². The molecule has 6 nitrogen and oxygen atoms in total. The molecule has 0 saturated carbocycles. The standard InChI is InChI=1S/C23H22N2O4/c1-15(23(28)29)24-22(27)20(25-21(26)17-9-3-2-4-10-17)14-18-12-7-11-16-8-5-6-13-19(16)18/h2-13,15,20H,14H2,1H3,(H,24,27)(H,25,26)(H,28,29)/t15-,20+/m0/s1. The highest BCUT2D eigenvalue weighted by Gasteiger charge is 2.25. The Labute approximate surface area is 168 Å². The molecule has 3 aromatic carbocycles. The van der Waals surface area contributed by atoms with Gasteiger partial charge in [0.15, 0.2) is 0 Å². The van der Waals surface area contributed by atoms with Crippen LogP contribution in [0, 0.1) is 0 Å². The first-order chi connectivity index (χ1) is 14.0. The Morgan fingerprint density at radius 2 is 1.52 bits per heavy atom. The van der Waals surface area contributed by atoms with Crippen LogP contribution in [0.4, 0.5) is 0 Å². The van der Waals surface area contributed by atoms with Crippen LogP contribution >= 0.6 is 0 Å². The number of nitrogens with one attached hydrogen (secondary N) is 2. The normalized spacial score (nSPS) is 12.7. The van der Waals surface area contributed by atoms with Crippen LogP contribution in [-0.4, -0.2) is 35.0 Å². The molecule has 2 amide bonds. The minimum Gasteiger partial charge on any atom is -0.480 e. The maximum absolute atomic E-state index is 12.8. The Morgan fingerprint density at radius 3 is 2.24 bits per heavy atom. The average Bonchev–Trinajstić information content (AvgIpc) is 2.73. The number of carboxylic acids is 1. The van der Waals surface area contributed by atoms with Crippen LogP contribution < -0.4 is 10.6 Å². The zero-order chi connectivity index (χ0) is 20.8. The molecule has 0 saturated heterocycles. The van der Waals surface area contributed by atoms with Crippen LogP contribution in [0.25, 0.3) is 10.8 Å². The van der Waals surface area contributed by atoms with Gasteiger partial charge in [-0.1, -0.05) is 60.7 Å². The maximum atomic E-state index is 12.8. The third-order valence-corrected chi connectivity index (χ3v) is 4.69. The van der Waals surface area contributed by atoms with Crippen molar-refractivity contribution < 1.29 is 19.5 Å². The summed E-state index contributed by atoms with van der Waals surface area (Å²) >= 11 is 0. The fourth-order valence-electron chi connectivity index (χ4n) is 3.11. The van der Waals surface area contributed by atoms with Crippen LogP contribution in [0.1, 0.15) is 22.8 Å². The van der Waals surface area contributed by atoms with Crippen LogP contribution in [0.15, 0.2) is 72.8 Å². The highest BCUT2D eigenvalue weighted by atomic mass is 16.4. The van der Waals surface area contributed by atoms with Gasteiger partial charge in [-0.15, -0.1) is 0 Å². The first kappa shape index (κ1) is 20.1. The first-order valence-electron chi connectivity index (χ1n) is 9.31. The summed E-state index contributed by atoms with van der Waals surface area (Å²) in [6, 6.07) is 20.1. The van der Waals surface area contributed by atoms with Gasteiger partial charge in [0, 0.05) is 12.0 Å². The van der Waals surface area contributed by atoms with E-state index in [1.54, 1.807) is 30.3 Å². The zero-order valence-corrected chi connectivity index (χ0v) is 16.0. The smallest absolute Gasteiger partial charge is 0.325 e. The van der Waals surface area contributed by atoms with Gasteiger partial charge >= 0.3 is 5.97 Å². The number of carboxylic acid groups (broad SMARTS) is 1. The molecule has 0 spiro atoms. The summed E-state index contributed by atoms with van der Waals surface area (Å²) < 4.78 is 0. The molecule has 0 fully saturated rings. The molecule has 0 aliphatic heterocycles. The molecule has 0 bridgehead atoms. The molecule has 2 atom stereocenters. The number of carbonyl (C=O) groups is 3. The van der Waals surface area contributed by atoms with E-state index in [9.17, 15) is 14.4 Å². The Kier molecular flexibility index (Phi) is 6.24. The van der Waals surface area contributed by atoms with Gasteiger partial charge in [-0.05, 0) is 35.4 Å². The second kappa shape index (κ2) is 9.01. The fourth-order valence-corrected chi connectivity index (χ4v) is 3.11. The molecular formula is C23H22N2O4. The lowest BCUT2D eigenvalue weighted by Crippen LogP contribution is -2.51. The van der Waals surface area contributed by atoms with E-state index in [1.807, 2.05) is 42.5 Å². The number of carbonyl (C=O) groups excluding carboxylic acids is 2. The van der Waals surface area contributed by atoms with Gasteiger partial charge in [-0.2, -0.15) is 0 Å². The van der Waals surface area contributed by atoms with Crippen molar-refractivity contribution in [1.29, 1.82) is 0 Å². The third-order valence-electron chi connectivity index (χ3n) is 4.69. The van der Waals surface area contributed by atoms with Crippen molar-refractivity contribution in [3.8, 4) is 0 Å². The monoisotopic (exact) mass is 390 g/mol. The van der Waals surface area contributed by atoms with Crippen molar-refractivity contribution in [1.82, 2.24) is 10.6 Å². The van der Waals surface area contributed by atoms with Crippen molar-refractivity contribution in [3.63, 3.8) is 0 Å². The van der Waals surface area contributed by atoms with Gasteiger partial charge in [0.2, 0.25) is 5.91 Å². The summed E-state index contributed by atoms with van der Waals surface area (Å²) in [5.74, 6) is -2.08. The molecule has 3 aromatic rings. The minimum absolute atomic E-state index is 0.234. The topological polar surface area (TPSA) is 95.5 Å². The lowest BCUT2D eigenvalue weighted by molar-refractivity contribution is -0.141. The molecule has 148 valence electrons. The van der Waals surface area contributed by atoms with E-state index in [1.165, 1.54) is 6.92 Å². The summed E-state index contributed by atoms with van der Waals surface area (Å²) in [5.41, 5.74) is 1.31. The third kappa shape index (κ3) is 4.99. The zero-order valence-electron chi connectivity index (χ0n) is 16.0. The summed E-state index contributed by atoms with van der Waals surface area (Å²) in [4.78, 5) is 36.5. The first-order valence-corrected chi connectivity index (χ1v) is 9.31. The molecule has 3 rings (SSSR count). The number of hydrogen-bond acceptors (Lipinski definition) is 3. The summed E-state index contributed by atoms with van der Waals surface area (Å²) in [6.07, 6.45) is 0.234. The van der Waals surface area contributed by atoms with Crippen molar-refractivity contribution in [2.75, 3.05) is 0 Å². The van der Waals surface area contributed by atoms with Crippen molar-refractivity contribution in [2.45, 2.75) is 25.4 Å². The lowest BCUT2D eigenvalue weighted by atomic mass is 9.98. The van der Waals surface area contributed by atoms with Gasteiger partial charge in [0.25, 0.3) is 5.91 Å². The molecule has 0 aromatic heterocycles. The van der Waals surface area contributed by atoms with Crippen LogP contribution in [0.5, 0.6) is 0 Å². The van der Waals surface area contributed by atoms with E-state index in [4.69, 9.17) is 5.11 Å². The maximum Gasteiger partial charge on any atom is 0.325 e. The Bertz CT molecular complexity index is 1030. The predicted molar refractivity (Wildman–Crippen MR) is 111 cm³/mol. The van der Waals surface area contributed by atoms with Gasteiger partial charge in [0.1, 0.15) is 12.1 Å². The SMILES string of the molecule is C[C@H](NC(=O)[C@@H](Cc1cccc2ccccc12)NC(=O)c1ccccc1)C(=O)O. The number of fused-ring (bicyclic) bond motifs is 1. The van der Waals surface area contributed by atoms with Gasteiger partial charge in [0.05, 0.1) is 0 Å². The molecule has 29 heavy (non-hydrogen) atoms. The van der Waals surface area contributed by atoms with Gasteiger partial charge in [-0.3, -0.25) is 14.4 Å². The lowest BCUT2D eigenvalue weighted by Gasteiger charge is -2.21.